The number of rotatable bonds is 16. The maximum Gasteiger partial charge on any atom is 0.326 e. The number of aliphatic carboxylic acids is 2. The van der Waals surface area contributed by atoms with Crippen LogP contribution in [0.25, 0.3) is 0 Å². The molecule has 0 heterocycles. The predicted molar refractivity (Wildman–Crippen MR) is 150 cm³/mol. The first-order valence-electron chi connectivity index (χ1n) is 13.3. The van der Waals surface area contributed by atoms with E-state index >= 15 is 0 Å². The summed E-state index contributed by atoms with van der Waals surface area (Å²) in [6, 6.07) is 9.74. The molecule has 0 saturated carbocycles. The van der Waals surface area contributed by atoms with E-state index in [1.165, 1.54) is 24.3 Å². The average molecular weight is 571 g/mol. The molecule has 0 aliphatic heterocycles. The number of phenols is 1. The number of phenolic OH excluding ortho intramolecular Hbond substituents is 1. The van der Waals surface area contributed by atoms with Gasteiger partial charge in [0, 0.05) is 19.3 Å². The molecular weight excluding hydrogens is 532 g/mol. The van der Waals surface area contributed by atoms with Crippen LogP contribution in [-0.2, 0) is 36.8 Å². The maximum atomic E-state index is 13.4. The first-order chi connectivity index (χ1) is 19.3. The van der Waals surface area contributed by atoms with Crippen molar-refractivity contribution in [2.45, 2.75) is 70.1 Å². The molecule has 0 saturated heterocycles. The molecule has 3 amide bonds. The molecule has 0 aliphatic carbocycles. The summed E-state index contributed by atoms with van der Waals surface area (Å²) >= 11 is 0. The maximum absolute atomic E-state index is 13.4. The molecule has 0 bridgehead atoms. The van der Waals surface area contributed by atoms with Crippen LogP contribution in [0.4, 0.5) is 0 Å². The van der Waals surface area contributed by atoms with Gasteiger partial charge >= 0.3 is 11.9 Å². The minimum atomic E-state index is -1.35. The molecule has 8 N–H and O–H groups in total. The standard InChI is InChI=1S/C29H38N4O8/c1-17(2)14-21(30)26(37)31-22(12-13-25(35)36)27(38)32-23(15-18-6-4-3-5-7-18)28(39)33-24(29(40)41)16-19-8-10-20(34)11-9-19/h3-11,17,21-24,34H,12-16,30H2,1-2H3,(H,31,37)(H,32,38)(H,33,39)(H,35,36)(H,40,41). The van der Waals surface area contributed by atoms with Crippen molar-refractivity contribution in [1.29, 1.82) is 0 Å². The van der Waals surface area contributed by atoms with Crippen molar-refractivity contribution in [3.63, 3.8) is 0 Å². The molecule has 4 unspecified atom stereocenters. The highest BCUT2D eigenvalue weighted by Crippen LogP contribution is 2.12. The van der Waals surface area contributed by atoms with Gasteiger partial charge < -0.3 is 37.0 Å². The molecule has 12 heteroatoms. The van der Waals surface area contributed by atoms with E-state index in [1.54, 1.807) is 30.3 Å². The number of aromatic hydroxyl groups is 1. The highest BCUT2D eigenvalue weighted by Gasteiger charge is 2.31. The molecule has 0 aliphatic rings. The third-order valence-corrected chi connectivity index (χ3v) is 6.25. The second kappa shape index (κ2) is 16.0. The third-order valence-electron chi connectivity index (χ3n) is 6.25. The van der Waals surface area contributed by atoms with E-state index < -0.39 is 60.2 Å². The molecule has 0 aromatic heterocycles. The number of nitrogens with two attached hydrogens (primary N) is 1. The molecule has 4 atom stereocenters. The SMILES string of the molecule is CC(C)CC(N)C(=O)NC(CCC(=O)O)C(=O)NC(Cc1ccccc1)C(=O)NC(Cc1ccc(O)cc1)C(=O)O. The summed E-state index contributed by atoms with van der Waals surface area (Å²) in [5.41, 5.74) is 7.15. The number of carbonyl (C=O) groups is 5. The number of carbonyl (C=O) groups excluding carboxylic acids is 3. The smallest absolute Gasteiger partial charge is 0.326 e. The Balaban J connectivity index is 2.26. The molecule has 222 valence electrons. The minimum absolute atomic E-state index is 0.00355. The third kappa shape index (κ3) is 11.7. The number of hydrogen-bond acceptors (Lipinski definition) is 7. The normalized spacial score (nSPS) is 13.9. The Morgan fingerprint density at radius 1 is 0.732 bits per heavy atom. The number of carboxylic acid groups (broad SMARTS) is 2. The summed E-state index contributed by atoms with van der Waals surface area (Å²) < 4.78 is 0. The van der Waals surface area contributed by atoms with Crippen LogP contribution in [0.15, 0.2) is 54.6 Å². The van der Waals surface area contributed by atoms with E-state index in [2.05, 4.69) is 16.0 Å². The quantitative estimate of drug-likeness (QED) is 0.153. The fraction of sp³-hybridized carbons (Fsp3) is 0.414. The van der Waals surface area contributed by atoms with Crippen molar-refractivity contribution in [1.82, 2.24) is 16.0 Å². The summed E-state index contributed by atoms with van der Waals surface area (Å²) in [5, 5.41) is 35.9. The van der Waals surface area contributed by atoms with E-state index in [-0.39, 0.29) is 30.9 Å². The lowest BCUT2D eigenvalue weighted by Gasteiger charge is -2.25. The van der Waals surface area contributed by atoms with Gasteiger partial charge in [-0.05, 0) is 42.0 Å². The number of hydrogen-bond donors (Lipinski definition) is 7. The van der Waals surface area contributed by atoms with E-state index in [0.29, 0.717) is 17.5 Å². The lowest BCUT2D eigenvalue weighted by Crippen LogP contribution is -2.58. The Labute approximate surface area is 238 Å². The molecule has 12 nitrogen and oxygen atoms in total. The van der Waals surface area contributed by atoms with Crippen LogP contribution in [-0.4, -0.2) is 69.1 Å². The zero-order valence-electron chi connectivity index (χ0n) is 23.1. The molecule has 2 rings (SSSR count). The van der Waals surface area contributed by atoms with Gasteiger partial charge in [-0.1, -0.05) is 56.3 Å². The van der Waals surface area contributed by atoms with Crippen LogP contribution < -0.4 is 21.7 Å². The van der Waals surface area contributed by atoms with E-state index in [9.17, 15) is 34.2 Å². The highest BCUT2D eigenvalue weighted by molar-refractivity contribution is 5.94. The fourth-order valence-electron chi connectivity index (χ4n) is 4.10. The van der Waals surface area contributed by atoms with Gasteiger partial charge in [-0.2, -0.15) is 0 Å². The van der Waals surface area contributed by atoms with E-state index in [4.69, 9.17) is 10.8 Å². The van der Waals surface area contributed by atoms with Crippen molar-refractivity contribution in [3.05, 3.63) is 65.7 Å². The van der Waals surface area contributed by atoms with Crippen molar-refractivity contribution in [2.24, 2.45) is 11.7 Å². The van der Waals surface area contributed by atoms with Gasteiger partial charge in [-0.3, -0.25) is 19.2 Å². The van der Waals surface area contributed by atoms with Crippen LogP contribution in [0.2, 0.25) is 0 Å². The van der Waals surface area contributed by atoms with Crippen LogP contribution in [0.1, 0.15) is 44.2 Å². The van der Waals surface area contributed by atoms with E-state index in [0.717, 1.165) is 0 Å². The first kappa shape index (κ1) is 32.8. The van der Waals surface area contributed by atoms with Crippen LogP contribution in [0.3, 0.4) is 0 Å². The van der Waals surface area contributed by atoms with Crippen molar-refractivity contribution < 1.29 is 39.3 Å². The largest absolute Gasteiger partial charge is 0.508 e. The number of benzene rings is 2. The lowest BCUT2D eigenvalue weighted by atomic mass is 10.0. The minimum Gasteiger partial charge on any atom is -0.508 e. The number of nitrogens with one attached hydrogen (secondary N) is 3. The molecule has 2 aromatic carbocycles. The fourth-order valence-corrected chi connectivity index (χ4v) is 4.10. The lowest BCUT2D eigenvalue weighted by molar-refractivity contribution is -0.142. The second-order valence-electron chi connectivity index (χ2n) is 10.3. The molecule has 0 spiro atoms. The van der Waals surface area contributed by atoms with Crippen LogP contribution in [0, 0.1) is 5.92 Å². The molecular formula is C29H38N4O8. The monoisotopic (exact) mass is 570 g/mol. The Morgan fingerprint density at radius 2 is 1.24 bits per heavy atom. The summed E-state index contributed by atoms with van der Waals surface area (Å²) in [6.07, 6.45) is -0.425. The van der Waals surface area contributed by atoms with E-state index in [1.807, 2.05) is 13.8 Å². The van der Waals surface area contributed by atoms with Crippen LogP contribution in [0.5, 0.6) is 5.75 Å². The number of amides is 3. The van der Waals surface area contributed by atoms with Crippen molar-refractivity contribution in [2.75, 3.05) is 0 Å². The Kier molecular flexibility index (Phi) is 12.8. The van der Waals surface area contributed by atoms with Gasteiger partial charge in [0.1, 0.15) is 23.9 Å². The number of carboxylic acids is 2. The zero-order valence-corrected chi connectivity index (χ0v) is 23.1. The summed E-state index contributed by atoms with van der Waals surface area (Å²) in [5.74, 6) is -4.60. The van der Waals surface area contributed by atoms with Gasteiger partial charge in [0.25, 0.3) is 0 Å². The van der Waals surface area contributed by atoms with Crippen LogP contribution >= 0.6 is 0 Å². The predicted octanol–water partition coefficient (Wildman–Crippen LogP) is 0.955. The van der Waals surface area contributed by atoms with Crippen molar-refractivity contribution >= 4 is 29.7 Å². The van der Waals surface area contributed by atoms with Gasteiger partial charge in [0.2, 0.25) is 17.7 Å². The molecule has 0 fully saturated rings. The summed E-state index contributed by atoms with van der Waals surface area (Å²) in [7, 11) is 0. The van der Waals surface area contributed by atoms with Crippen molar-refractivity contribution in [3.8, 4) is 5.75 Å². The van der Waals surface area contributed by atoms with Gasteiger partial charge in [0.15, 0.2) is 0 Å². The summed E-state index contributed by atoms with van der Waals surface area (Å²) in [6.45, 7) is 3.75. The second-order valence-corrected chi connectivity index (χ2v) is 10.3. The zero-order chi connectivity index (χ0) is 30.5. The Morgan fingerprint density at radius 3 is 1.80 bits per heavy atom. The Hall–Kier alpha value is -4.45. The topological polar surface area (TPSA) is 208 Å². The first-order valence-corrected chi connectivity index (χ1v) is 13.3. The molecule has 0 radical (unpaired) electrons. The van der Waals surface area contributed by atoms with Gasteiger partial charge in [-0.15, -0.1) is 0 Å². The highest BCUT2D eigenvalue weighted by atomic mass is 16.4. The van der Waals surface area contributed by atoms with Gasteiger partial charge in [-0.25, -0.2) is 4.79 Å². The molecule has 2 aromatic rings. The van der Waals surface area contributed by atoms with Gasteiger partial charge in [0.05, 0.1) is 6.04 Å². The average Bonchev–Trinajstić information content (AvgIpc) is 2.91. The Bertz CT molecular complexity index is 1190. The molecule has 41 heavy (non-hydrogen) atoms. The summed E-state index contributed by atoms with van der Waals surface area (Å²) in [4.78, 5) is 62.5.